The normalized spacial score (nSPS) is 19.8. The van der Waals surface area contributed by atoms with Crippen LogP contribution < -0.4 is 5.32 Å². The zero-order valence-electron chi connectivity index (χ0n) is 11.6. The highest BCUT2D eigenvalue weighted by molar-refractivity contribution is 5.82. The summed E-state index contributed by atoms with van der Waals surface area (Å²) in [7, 11) is 0. The molecule has 3 nitrogen and oxygen atoms in total. The van der Waals surface area contributed by atoms with E-state index in [1.807, 2.05) is 30.3 Å². The van der Waals surface area contributed by atoms with E-state index in [1.54, 1.807) is 0 Å². The standard InChI is InChI=1S/C16H23NO2/c1-2-10-16(15(18)19,13-6-4-3-5-7-13)14-8-11-17-12-9-14/h3-7,14,17H,2,8-12H2,1H3,(H,18,19). The third-order valence-electron chi connectivity index (χ3n) is 4.35. The molecule has 1 heterocycles. The van der Waals surface area contributed by atoms with Crippen LogP contribution in [0.2, 0.25) is 0 Å². The predicted molar refractivity (Wildman–Crippen MR) is 76.3 cm³/mol. The summed E-state index contributed by atoms with van der Waals surface area (Å²) in [6.45, 7) is 3.92. The quantitative estimate of drug-likeness (QED) is 0.857. The van der Waals surface area contributed by atoms with Gasteiger partial charge in [-0.25, -0.2) is 0 Å². The van der Waals surface area contributed by atoms with Crippen LogP contribution in [0.25, 0.3) is 0 Å². The van der Waals surface area contributed by atoms with Crippen molar-refractivity contribution in [1.29, 1.82) is 0 Å². The molecule has 0 radical (unpaired) electrons. The summed E-state index contributed by atoms with van der Waals surface area (Å²) in [6, 6.07) is 9.80. The Morgan fingerprint density at radius 3 is 2.47 bits per heavy atom. The van der Waals surface area contributed by atoms with E-state index in [2.05, 4.69) is 12.2 Å². The Labute approximate surface area is 115 Å². The number of nitrogens with one attached hydrogen (secondary N) is 1. The van der Waals surface area contributed by atoms with Crippen molar-refractivity contribution in [1.82, 2.24) is 5.32 Å². The minimum absolute atomic E-state index is 0.230. The largest absolute Gasteiger partial charge is 0.481 e. The molecule has 0 aliphatic carbocycles. The predicted octanol–water partition coefficient (Wildman–Crippen LogP) is 2.81. The summed E-state index contributed by atoms with van der Waals surface area (Å²) in [5, 5.41) is 13.3. The second kappa shape index (κ2) is 6.20. The number of carboxylic acid groups (broad SMARTS) is 1. The summed E-state index contributed by atoms with van der Waals surface area (Å²) >= 11 is 0. The molecule has 2 rings (SSSR count). The van der Waals surface area contributed by atoms with Crippen LogP contribution in [0.15, 0.2) is 30.3 Å². The van der Waals surface area contributed by atoms with Crippen LogP contribution in [0, 0.1) is 5.92 Å². The van der Waals surface area contributed by atoms with E-state index in [1.165, 1.54) is 0 Å². The van der Waals surface area contributed by atoms with Crippen LogP contribution >= 0.6 is 0 Å². The molecule has 0 saturated carbocycles. The molecule has 3 heteroatoms. The molecule has 1 aromatic carbocycles. The van der Waals surface area contributed by atoms with Crippen LogP contribution in [0.5, 0.6) is 0 Å². The van der Waals surface area contributed by atoms with Crippen molar-refractivity contribution in [3.8, 4) is 0 Å². The Balaban J connectivity index is 2.43. The topological polar surface area (TPSA) is 49.3 Å². The van der Waals surface area contributed by atoms with Crippen molar-refractivity contribution in [2.75, 3.05) is 13.1 Å². The second-order valence-corrected chi connectivity index (χ2v) is 5.42. The Hall–Kier alpha value is -1.35. The Bertz CT molecular complexity index is 412. The van der Waals surface area contributed by atoms with Crippen molar-refractivity contribution >= 4 is 5.97 Å². The lowest BCUT2D eigenvalue weighted by atomic mass is 9.64. The fourth-order valence-electron chi connectivity index (χ4n) is 3.43. The third-order valence-corrected chi connectivity index (χ3v) is 4.35. The van der Waals surface area contributed by atoms with Gasteiger partial charge in [0.1, 0.15) is 0 Å². The number of aliphatic carboxylic acids is 1. The van der Waals surface area contributed by atoms with Gasteiger partial charge in [-0.3, -0.25) is 4.79 Å². The molecule has 0 amide bonds. The Kier molecular flexibility index (Phi) is 4.59. The van der Waals surface area contributed by atoms with Crippen molar-refractivity contribution in [2.24, 2.45) is 5.92 Å². The van der Waals surface area contributed by atoms with Gasteiger partial charge < -0.3 is 10.4 Å². The molecule has 0 spiro atoms. The van der Waals surface area contributed by atoms with Crippen LogP contribution in [-0.2, 0) is 10.2 Å². The van der Waals surface area contributed by atoms with E-state index in [4.69, 9.17) is 0 Å². The Morgan fingerprint density at radius 1 is 1.32 bits per heavy atom. The van der Waals surface area contributed by atoms with Gasteiger partial charge in [0.15, 0.2) is 0 Å². The van der Waals surface area contributed by atoms with Gasteiger partial charge in [0.2, 0.25) is 0 Å². The maximum Gasteiger partial charge on any atom is 0.314 e. The zero-order chi connectivity index (χ0) is 13.7. The van der Waals surface area contributed by atoms with E-state index in [-0.39, 0.29) is 5.92 Å². The SMILES string of the molecule is CCCC(C(=O)O)(c1ccccc1)C1CCNCC1. The summed E-state index contributed by atoms with van der Waals surface area (Å²) < 4.78 is 0. The number of rotatable bonds is 5. The van der Waals surface area contributed by atoms with Gasteiger partial charge in [0.25, 0.3) is 0 Å². The van der Waals surface area contributed by atoms with Crippen molar-refractivity contribution < 1.29 is 9.90 Å². The summed E-state index contributed by atoms with van der Waals surface area (Å²) in [6.07, 6.45) is 3.50. The first-order valence-electron chi connectivity index (χ1n) is 7.21. The zero-order valence-corrected chi connectivity index (χ0v) is 11.6. The molecule has 0 bridgehead atoms. The highest BCUT2D eigenvalue weighted by Gasteiger charge is 2.46. The van der Waals surface area contributed by atoms with E-state index in [9.17, 15) is 9.90 Å². The van der Waals surface area contributed by atoms with Crippen LogP contribution in [0.1, 0.15) is 38.2 Å². The molecule has 1 atom stereocenters. The molecular weight excluding hydrogens is 238 g/mol. The van der Waals surface area contributed by atoms with Crippen LogP contribution in [-0.4, -0.2) is 24.2 Å². The number of benzene rings is 1. The molecule has 104 valence electrons. The van der Waals surface area contributed by atoms with Gasteiger partial charge in [0, 0.05) is 0 Å². The molecule has 1 saturated heterocycles. The number of hydrogen-bond acceptors (Lipinski definition) is 2. The minimum Gasteiger partial charge on any atom is -0.481 e. The number of hydrogen-bond donors (Lipinski definition) is 2. The first kappa shape index (κ1) is 14.1. The molecular formula is C16H23NO2. The van der Waals surface area contributed by atoms with Gasteiger partial charge in [0.05, 0.1) is 5.41 Å². The second-order valence-electron chi connectivity index (χ2n) is 5.42. The molecule has 0 aromatic heterocycles. The maximum atomic E-state index is 12.1. The lowest BCUT2D eigenvalue weighted by Gasteiger charge is -2.40. The van der Waals surface area contributed by atoms with Crippen LogP contribution in [0.4, 0.5) is 0 Å². The molecule has 1 unspecified atom stereocenters. The smallest absolute Gasteiger partial charge is 0.314 e. The van der Waals surface area contributed by atoms with Crippen molar-refractivity contribution in [3.63, 3.8) is 0 Å². The average molecular weight is 261 g/mol. The molecule has 19 heavy (non-hydrogen) atoms. The van der Waals surface area contributed by atoms with Gasteiger partial charge >= 0.3 is 5.97 Å². The maximum absolute atomic E-state index is 12.1. The van der Waals surface area contributed by atoms with Gasteiger partial charge in [-0.1, -0.05) is 43.7 Å². The highest BCUT2D eigenvalue weighted by atomic mass is 16.4. The van der Waals surface area contributed by atoms with E-state index >= 15 is 0 Å². The van der Waals surface area contributed by atoms with Gasteiger partial charge in [-0.05, 0) is 43.8 Å². The van der Waals surface area contributed by atoms with E-state index in [0.29, 0.717) is 0 Å². The first-order valence-corrected chi connectivity index (χ1v) is 7.21. The van der Waals surface area contributed by atoms with Crippen LogP contribution in [0.3, 0.4) is 0 Å². The van der Waals surface area contributed by atoms with E-state index in [0.717, 1.165) is 44.3 Å². The van der Waals surface area contributed by atoms with Crippen molar-refractivity contribution in [3.05, 3.63) is 35.9 Å². The fraction of sp³-hybridized carbons (Fsp3) is 0.562. The number of piperidine rings is 1. The lowest BCUT2D eigenvalue weighted by molar-refractivity contribution is -0.147. The molecule has 1 aliphatic heterocycles. The molecule has 2 N–H and O–H groups in total. The fourth-order valence-corrected chi connectivity index (χ4v) is 3.43. The molecule has 1 fully saturated rings. The minimum atomic E-state index is -0.710. The summed E-state index contributed by atoms with van der Waals surface area (Å²) in [4.78, 5) is 12.1. The molecule has 1 aromatic rings. The van der Waals surface area contributed by atoms with Gasteiger partial charge in [-0.2, -0.15) is 0 Å². The molecule has 1 aliphatic rings. The summed E-state index contributed by atoms with van der Waals surface area (Å²) in [5.41, 5.74) is 0.259. The third kappa shape index (κ3) is 2.66. The summed E-state index contributed by atoms with van der Waals surface area (Å²) in [5.74, 6) is -0.430. The monoisotopic (exact) mass is 261 g/mol. The van der Waals surface area contributed by atoms with Gasteiger partial charge in [-0.15, -0.1) is 0 Å². The lowest BCUT2D eigenvalue weighted by Crippen LogP contribution is -2.47. The Morgan fingerprint density at radius 2 is 1.95 bits per heavy atom. The van der Waals surface area contributed by atoms with Crippen molar-refractivity contribution in [2.45, 2.75) is 38.0 Å². The number of carboxylic acids is 1. The van der Waals surface area contributed by atoms with E-state index < -0.39 is 11.4 Å². The first-order chi connectivity index (χ1) is 9.21. The number of carbonyl (C=O) groups is 1. The average Bonchev–Trinajstić information content (AvgIpc) is 2.46. The highest BCUT2D eigenvalue weighted by Crippen LogP contribution is 2.41.